The van der Waals surface area contributed by atoms with Gasteiger partial charge in [0.2, 0.25) is 0 Å². The van der Waals surface area contributed by atoms with Crippen LogP contribution in [-0.2, 0) is 16.8 Å². The second kappa shape index (κ2) is 9.59. The highest BCUT2D eigenvalue weighted by molar-refractivity contribution is 6.32. The molecule has 0 saturated carbocycles. The van der Waals surface area contributed by atoms with Crippen LogP contribution in [0.1, 0.15) is 33.5 Å². The van der Waals surface area contributed by atoms with Crippen molar-refractivity contribution in [3.8, 4) is 11.8 Å². The van der Waals surface area contributed by atoms with Crippen molar-refractivity contribution in [1.82, 2.24) is 9.55 Å². The third kappa shape index (κ3) is 4.49. The number of hydrogen-bond acceptors (Lipinski definition) is 4. The third-order valence-corrected chi connectivity index (χ3v) is 6.89. The van der Waals surface area contributed by atoms with E-state index in [0.29, 0.717) is 28.0 Å². The standard InChI is InChI=1S/C29H23ClN2O5/c1-18-10-11-20(14-21(18)27(35)36)37-28-31-24-15-22(23(30)16-25(24)32(28)17-26(33)34)29(12-6-3-7-13-29)19-8-4-2-5-9-19/h2-12,14-16H,13,17H2,1H3,(H,33,34)(H,35,36). The fourth-order valence-electron chi connectivity index (χ4n) is 4.76. The monoisotopic (exact) mass is 514 g/mol. The normalized spacial score (nSPS) is 16.7. The van der Waals surface area contributed by atoms with E-state index in [4.69, 9.17) is 16.3 Å². The summed E-state index contributed by atoms with van der Waals surface area (Å²) < 4.78 is 7.35. The van der Waals surface area contributed by atoms with Crippen LogP contribution in [0.15, 0.2) is 85.0 Å². The number of allylic oxidation sites excluding steroid dienone is 4. The van der Waals surface area contributed by atoms with Gasteiger partial charge in [-0.15, -0.1) is 0 Å². The average molecular weight is 515 g/mol. The average Bonchev–Trinajstić information content (AvgIpc) is 3.20. The molecule has 1 aliphatic rings. The van der Waals surface area contributed by atoms with Crippen molar-refractivity contribution in [2.24, 2.45) is 0 Å². The van der Waals surface area contributed by atoms with E-state index in [9.17, 15) is 19.8 Å². The Morgan fingerprint density at radius 3 is 2.54 bits per heavy atom. The molecule has 0 fully saturated rings. The van der Waals surface area contributed by atoms with Crippen molar-refractivity contribution in [3.63, 3.8) is 0 Å². The van der Waals surface area contributed by atoms with Gasteiger partial charge in [0.05, 0.1) is 16.6 Å². The number of nitrogens with zero attached hydrogens (tertiary/aromatic N) is 2. The highest BCUT2D eigenvalue weighted by Gasteiger charge is 2.34. The molecule has 37 heavy (non-hydrogen) atoms. The predicted molar refractivity (Wildman–Crippen MR) is 141 cm³/mol. The Morgan fingerprint density at radius 1 is 1.08 bits per heavy atom. The molecule has 4 aromatic rings. The third-order valence-electron chi connectivity index (χ3n) is 6.58. The van der Waals surface area contributed by atoms with Crippen molar-refractivity contribution in [1.29, 1.82) is 0 Å². The van der Waals surface area contributed by atoms with Gasteiger partial charge in [-0.1, -0.05) is 72.3 Å². The molecule has 5 rings (SSSR count). The molecular weight excluding hydrogens is 492 g/mol. The van der Waals surface area contributed by atoms with Gasteiger partial charge in [0.25, 0.3) is 0 Å². The number of hydrogen-bond donors (Lipinski definition) is 2. The van der Waals surface area contributed by atoms with Crippen molar-refractivity contribution < 1.29 is 24.5 Å². The van der Waals surface area contributed by atoms with Gasteiger partial charge in [-0.3, -0.25) is 9.36 Å². The maximum atomic E-state index is 11.7. The van der Waals surface area contributed by atoms with Crippen LogP contribution in [0.5, 0.6) is 11.8 Å². The first-order valence-corrected chi connectivity index (χ1v) is 12.0. The molecule has 0 aliphatic heterocycles. The van der Waals surface area contributed by atoms with Gasteiger partial charge in [-0.05, 0) is 54.3 Å². The molecule has 186 valence electrons. The largest absolute Gasteiger partial charge is 0.480 e. The van der Waals surface area contributed by atoms with Crippen molar-refractivity contribution in [3.05, 3.63) is 112 Å². The Labute approximate surface area is 217 Å². The van der Waals surface area contributed by atoms with E-state index in [1.807, 2.05) is 36.4 Å². The summed E-state index contributed by atoms with van der Waals surface area (Å²) in [6.45, 7) is 1.28. The molecular formula is C29H23ClN2O5. The van der Waals surface area contributed by atoms with Crippen LogP contribution in [0.4, 0.5) is 0 Å². The maximum absolute atomic E-state index is 11.7. The molecule has 1 heterocycles. The molecule has 1 unspecified atom stereocenters. The molecule has 0 spiro atoms. The van der Waals surface area contributed by atoms with E-state index in [0.717, 1.165) is 11.1 Å². The molecule has 7 nitrogen and oxygen atoms in total. The minimum absolute atomic E-state index is 0.0265. The fourth-order valence-corrected chi connectivity index (χ4v) is 5.08. The number of carboxylic acids is 2. The van der Waals surface area contributed by atoms with Gasteiger partial charge >= 0.3 is 17.9 Å². The topological polar surface area (TPSA) is 102 Å². The first-order valence-electron chi connectivity index (χ1n) is 11.6. The number of aromatic carboxylic acids is 1. The minimum atomic E-state index is -1.08. The Kier molecular flexibility index (Phi) is 6.31. The smallest absolute Gasteiger partial charge is 0.336 e. The molecule has 0 bridgehead atoms. The van der Waals surface area contributed by atoms with E-state index in [1.165, 1.54) is 10.6 Å². The van der Waals surface area contributed by atoms with Gasteiger partial charge in [0.1, 0.15) is 12.3 Å². The van der Waals surface area contributed by atoms with E-state index in [-0.39, 0.29) is 17.3 Å². The van der Waals surface area contributed by atoms with Crippen LogP contribution in [0.3, 0.4) is 0 Å². The number of carboxylic acid groups (broad SMARTS) is 2. The van der Waals surface area contributed by atoms with Crippen molar-refractivity contribution in [2.75, 3.05) is 0 Å². The number of aliphatic carboxylic acids is 1. The number of benzene rings is 3. The highest BCUT2D eigenvalue weighted by atomic mass is 35.5. The molecule has 1 aliphatic carbocycles. The predicted octanol–water partition coefficient (Wildman–Crippen LogP) is 6.38. The molecule has 1 aromatic heterocycles. The Morgan fingerprint density at radius 2 is 1.86 bits per heavy atom. The zero-order valence-electron chi connectivity index (χ0n) is 19.9. The summed E-state index contributed by atoms with van der Waals surface area (Å²) in [6.07, 6.45) is 8.88. The van der Waals surface area contributed by atoms with E-state index in [2.05, 4.69) is 29.3 Å². The highest BCUT2D eigenvalue weighted by Crippen LogP contribution is 2.44. The van der Waals surface area contributed by atoms with E-state index < -0.39 is 23.9 Å². The number of aromatic nitrogens is 2. The van der Waals surface area contributed by atoms with Gasteiger partial charge in [-0.2, -0.15) is 4.98 Å². The van der Waals surface area contributed by atoms with Crippen LogP contribution in [0.2, 0.25) is 5.02 Å². The maximum Gasteiger partial charge on any atom is 0.336 e. The lowest BCUT2D eigenvalue weighted by Gasteiger charge is -2.33. The van der Waals surface area contributed by atoms with Gasteiger partial charge in [0.15, 0.2) is 0 Å². The van der Waals surface area contributed by atoms with Gasteiger partial charge in [-0.25, -0.2) is 4.79 Å². The minimum Gasteiger partial charge on any atom is -0.480 e. The second-order valence-corrected chi connectivity index (χ2v) is 9.31. The second-order valence-electron chi connectivity index (χ2n) is 8.91. The first-order chi connectivity index (χ1) is 17.8. The summed E-state index contributed by atoms with van der Waals surface area (Å²) in [4.78, 5) is 27.9. The van der Waals surface area contributed by atoms with Gasteiger partial charge in [0, 0.05) is 10.4 Å². The number of imidazole rings is 1. The van der Waals surface area contributed by atoms with Crippen LogP contribution in [0.25, 0.3) is 11.0 Å². The van der Waals surface area contributed by atoms with Crippen molar-refractivity contribution in [2.45, 2.75) is 25.3 Å². The van der Waals surface area contributed by atoms with Crippen LogP contribution in [0, 0.1) is 6.92 Å². The number of halogens is 1. The SMILES string of the molecule is Cc1ccc(Oc2nc3cc(C4(c5ccccc5)C=CC=CC4)c(Cl)cc3n2CC(=O)O)cc1C(=O)O. The summed E-state index contributed by atoms with van der Waals surface area (Å²) in [7, 11) is 0. The van der Waals surface area contributed by atoms with Crippen LogP contribution in [-0.4, -0.2) is 31.7 Å². The lowest BCUT2D eigenvalue weighted by atomic mass is 9.70. The van der Waals surface area contributed by atoms with Crippen LogP contribution < -0.4 is 4.74 Å². The Hall–Kier alpha value is -4.36. The van der Waals surface area contributed by atoms with E-state index in [1.54, 1.807) is 25.1 Å². The number of rotatable bonds is 7. The molecule has 3 aromatic carbocycles. The zero-order valence-corrected chi connectivity index (χ0v) is 20.6. The Balaban J connectivity index is 1.66. The summed E-state index contributed by atoms with van der Waals surface area (Å²) in [5.74, 6) is -1.93. The number of ether oxygens (including phenoxy) is 1. The lowest BCUT2D eigenvalue weighted by Crippen LogP contribution is -2.26. The first kappa shape index (κ1) is 24.3. The number of carbonyl (C=O) groups is 2. The number of fused-ring (bicyclic) bond motifs is 1. The van der Waals surface area contributed by atoms with E-state index >= 15 is 0 Å². The zero-order chi connectivity index (χ0) is 26.2. The summed E-state index contributed by atoms with van der Waals surface area (Å²) in [5.41, 5.74) is 3.06. The molecule has 2 N–H and O–H groups in total. The molecule has 8 heteroatoms. The van der Waals surface area contributed by atoms with Crippen LogP contribution >= 0.6 is 11.6 Å². The quantitative estimate of drug-likeness (QED) is 0.297. The fraction of sp³-hybridized carbons (Fsp3) is 0.138. The molecule has 0 radical (unpaired) electrons. The molecule has 1 atom stereocenters. The Bertz CT molecular complexity index is 1590. The molecule has 0 saturated heterocycles. The van der Waals surface area contributed by atoms with Crippen molar-refractivity contribution >= 4 is 34.6 Å². The summed E-state index contributed by atoms with van der Waals surface area (Å²) in [5, 5.41) is 19.5. The molecule has 0 amide bonds. The van der Waals surface area contributed by atoms with Gasteiger partial charge < -0.3 is 14.9 Å². The lowest BCUT2D eigenvalue weighted by molar-refractivity contribution is -0.137. The number of aryl methyl sites for hydroxylation is 1. The summed E-state index contributed by atoms with van der Waals surface area (Å²) in [6, 6.07) is 18.3. The summed E-state index contributed by atoms with van der Waals surface area (Å²) >= 11 is 6.87.